The molecule has 2 saturated carbocycles. The van der Waals surface area contributed by atoms with E-state index in [0.29, 0.717) is 17.1 Å². The number of rotatable bonds is 11. The molecular formula is C31H41N5O3. The van der Waals surface area contributed by atoms with Gasteiger partial charge in [0, 0.05) is 37.0 Å². The van der Waals surface area contributed by atoms with E-state index >= 15 is 0 Å². The molecule has 0 bridgehead atoms. The number of aliphatic imine (C=N–C) groups is 1. The molecule has 8 heteroatoms. The minimum Gasteiger partial charge on any atom is -0.494 e. The maximum absolute atomic E-state index is 12.5. The monoisotopic (exact) mass is 531 g/mol. The van der Waals surface area contributed by atoms with Crippen molar-refractivity contribution in [1.82, 2.24) is 5.01 Å². The molecule has 0 spiro atoms. The van der Waals surface area contributed by atoms with E-state index in [-0.39, 0.29) is 17.4 Å². The van der Waals surface area contributed by atoms with Crippen LogP contribution in [0, 0.1) is 17.8 Å². The zero-order chi connectivity index (χ0) is 27.8. The number of carbonyl (C=O) groups excluding carboxylic acids is 1. The van der Waals surface area contributed by atoms with E-state index in [0.717, 1.165) is 42.2 Å². The van der Waals surface area contributed by atoms with Gasteiger partial charge in [0.2, 0.25) is 0 Å². The molecule has 2 aliphatic carbocycles. The van der Waals surface area contributed by atoms with Crippen molar-refractivity contribution in [3.8, 4) is 16.9 Å². The average Bonchev–Trinajstić information content (AvgIpc) is 3.74. The molecule has 1 unspecified atom stereocenters. The van der Waals surface area contributed by atoms with Gasteiger partial charge in [-0.25, -0.2) is 10.6 Å². The lowest BCUT2D eigenvalue weighted by molar-refractivity contribution is -0.135. The van der Waals surface area contributed by atoms with Gasteiger partial charge in [-0.15, -0.1) is 0 Å². The molecule has 8 nitrogen and oxygen atoms in total. The minimum absolute atomic E-state index is 0.0139. The Kier molecular flexibility index (Phi) is 9.65. The first-order valence-electron chi connectivity index (χ1n) is 13.8. The summed E-state index contributed by atoms with van der Waals surface area (Å²) in [4.78, 5) is 17.4. The van der Waals surface area contributed by atoms with E-state index in [2.05, 4.69) is 12.1 Å². The molecule has 39 heavy (non-hydrogen) atoms. The lowest BCUT2D eigenvalue weighted by atomic mass is 9.87. The summed E-state index contributed by atoms with van der Waals surface area (Å²) in [5.74, 6) is 6.80. The van der Waals surface area contributed by atoms with Gasteiger partial charge in [0.1, 0.15) is 5.75 Å². The maximum Gasteiger partial charge on any atom is 0.341 e. The quantitative estimate of drug-likeness (QED) is 0.122. The van der Waals surface area contributed by atoms with Crippen molar-refractivity contribution in [2.75, 3.05) is 20.8 Å². The Morgan fingerprint density at radius 1 is 1.08 bits per heavy atom. The van der Waals surface area contributed by atoms with Crippen LogP contribution in [0.3, 0.4) is 0 Å². The SMILES string of the molecule is COC(=O)C(=CN)C(=Nc1cccc(-c2cccc(OCCC3CCCCC3)c2)c1)[C@@H]1CC1/C(N)=C/N(C)N. The summed E-state index contributed by atoms with van der Waals surface area (Å²) in [5, 5.41) is 1.42. The smallest absolute Gasteiger partial charge is 0.341 e. The van der Waals surface area contributed by atoms with Crippen LogP contribution in [0.5, 0.6) is 5.75 Å². The fourth-order valence-electron chi connectivity index (χ4n) is 5.39. The van der Waals surface area contributed by atoms with Crippen LogP contribution in [-0.4, -0.2) is 37.5 Å². The van der Waals surface area contributed by atoms with Crippen LogP contribution >= 0.6 is 0 Å². The number of hydrogen-bond donors (Lipinski definition) is 3. The van der Waals surface area contributed by atoms with Crippen LogP contribution in [0.15, 0.2) is 77.2 Å². The largest absolute Gasteiger partial charge is 0.494 e. The number of benzene rings is 2. The second-order valence-corrected chi connectivity index (χ2v) is 10.5. The van der Waals surface area contributed by atoms with Crippen molar-refractivity contribution < 1.29 is 14.3 Å². The Bertz CT molecular complexity index is 1230. The Morgan fingerprint density at radius 3 is 2.49 bits per heavy atom. The van der Waals surface area contributed by atoms with Crippen LogP contribution in [0.2, 0.25) is 0 Å². The maximum atomic E-state index is 12.5. The first-order valence-corrected chi connectivity index (χ1v) is 13.8. The van der Waals surface area contributed by atoms with Crippen molar-refractivity contribution in [2.45, 2.75) is 44.9 Å². The molecule has 0 heterocycles. The van der Waals surface area contributed by atoms with Crippen molar-refractivity contribution in [3.05, 3.63) is 72.2 Å². The zero-order valence-electron chi connectivity index (χ0n) is 23.0. The third kappa shape index (κ3) is 7.63. The Labute approximate surface area is 231 Å². The highest BCUT2D eigenvalue weighted by molar-refractivity contribution is 6.22. The molecule has 0 amide bonds. The Hall–Kier alpha value is -3.78. The predicted molar refractivity (Wildman–Crippen MR) is 156 cm³/mol. The predicted octanol–water partition coefficient (Wildman–Crippen LogP) is 5.03. The zero-order valence-corrected chi connectivity index (χ0v) is 23.0. The van der Waals surface area contributed by atoms with Gasteiger partial charge < -0.3 is 25.9 Å². The van der Waals surface area contributed by atoms with Crippen molar-refractivity contribution in [2.24, 2.45) is 40.1 Å². The summed E-state index contributed by atoms with van der Waals surface area (Å²) in [7, 11) is 3.04. The number of hydrazine groups is 1. The summed E-state index contributed by atoms with van der Waals surface area (Å²) in [5.41, 5.74) is 16.3. The third-order valence-electron chi connectivity index (χ3n) is 7.55. The van der Waals surface area contributed by atoms with E-state index in [1.165, 1.54) is 50.4 Å². The molecule has 2 fully saturated rings. The number of esters is 1. The van der Waals surface area contributed by atoms with Gasteiger partial charge in [-0.05, 0) is 54.2 Å². The van der Waals surface area contributed by atoms with Crippen LogP contribution in [0.4, 0.5) is 5.69 Å². The topological polar surface area (TPSA) is 129 Å². The standard InChI is InChI=1S/C31H41N5O3/c1-36(34)20-29(33)26-18-27(26)30(28(19-32)31(37)38-2)35-24-12-6-10-22(16-24)23-11-7-13-25(17-23)39-15-14-21-8-4-3-5-9-21/h6-7,10-13,16-17,19-21,26-27H,3-5,8-9,14-15,18,32-34H2,1-2H3/b28-19?,29-20-,35-30?/t26?,27-/m1/s1. The van der Waals surface area contributed by atoms with Crippen LogP contribution in [-0.2, 0) is 9.53 Å². The molecule has 0 saturated heterocycles. The van der Waals surface area contributed by atoms with E-state index in [1.54, 1.807) is 13.2 Å². The molecule has 6 N–H and O–H groups in total. The highest BCUT2D eigenvalue weighted by Crippen LogP contribution is 2.46. The summed E-state index contributed by atoms with van der Waals surface area (Å²) in [6, 6.07) is 16.0. The van der Waals surface area contributed by atoms with E-state index in [9.17, 15) is 4.79 Å². The summed E-state index contributed by atoms with van der Waals surface area (Å²) >= 11 is 0. The second-order valence-electron chi connectivity index (χ2n) is 10.5. The Morgan fingerprint density at radius 2 is 1.79 bits per heavy atom. The summed E-state index contributed by atoms with van der Waals surface area (Å²) in [6.07, 6.45) is 11.5. The molecule has 0 aromatic heterocycles. The van der Waals surface area contributed by atoms with Gasteiger partial charge in [0.05, 0.1) is 30.7 Å². The minimum atomic E-state index is -0.533. The number of hydrogen-bond acceptors (Lipinski definition) is 8. The fourth-order valence-corrected chi connectivity index (χ4v) is 5.39. The van der Waals surface area contributed by atoms with Gasteiger partial charge in [-0.3, -0.25) is 4.99 Å². The Balaban J connectivity index is 1.54. The van der Waals surface area contributed by atoms with Crippen LogP contribution in [0.1, 0.15) is 44.9 Å². The summed E-state index contributed by atoms with van der Waals surface area (Å²) in [6.45, 7) is 0.740. The van der Waals surface area contributed by atoms with Crippen molar-refractivity contribution in [1.29, 1.82) is 0 Å². The molecule has 208 valence electrons. The van der Waals surface area contributed by atoms with E-state index in [1.807, 2.05) is 36.4 Å². The van der Waals surface area contributed by atoms with Crippen molar-refractivity contribution in [3.63, 3.8) is 0 Å². The molecule has 2 aromatic rings. The number of carbonyl (C=O) groups is 1. The summed E-state index contributed by atoms with van der Waals surface area (Å²) < 4.78 is 11.1. The number of nitrogens with two attached hydrogens (primary N) is 3. The van der Waals surface area contributed by atoms with Crippen LogP contribution in [0.25, 0.3) is 11.1 Å². The van der Waals surface area contributed by atoms with E-state index < -0.39 is 5.97 Å². The first kappa shape index (κ1) is 28.2. The van der Waals surface area contributed by atoms with Crippen molar-refractivity contribution >= 4 is 17.4 Å². The number of nitrogens with zero attached hydrogens (tertiary/aromatic N) is 2. The van der Waals surface area contributed by atoms with Gasteiger partial charge >= 0.3 is 5.97 Å². The number of ether oxygens (including phenoxy) is 2. The molecule has 0 aliphatic heterocycles. The number of methoxy groups -OCH3 is 1. The lowest BCUT2D eigenvalue weighted by Crippen LogP contribution is -2.23. The molecule has 2 aromatic carbocycles. The van der Waals surface area contributed by atoms with Crippen LogP contribution < -0.4 is 22.0 Å². The third-order valence-corrected chi connectivity index (χ3v) is 7.55. The lowest BCUT2D eigenvalue weighted by Gasteiger charge is -2.21. The number of allylic oxidation sites excluding steroid dienone is 1. The second kappa shape index (κ2) is 13.3. The van der Waals surface area contributed by atoms with E-state index in [4.69, 9.17) is 31.8 Å². The molecular weight excluding hydrogens is 490 g/mol. The molecule has 4 rings (SSSR count). The van der Waals surface area contributed by atoms with Gasteiger partial charge in [0.15, 0.2) is 0 Å². The first-order chi connectivity index (χ1) is 18.9. The highest BCUT2D eigenvalue weighted by atomic mass is 16.5. The molecule has 0 radical (unpaired) electrons. The fraction of sp³-hybridized carbons (Fsp3) is 0.419. The average molecular weight is 532 g/mol. The van der Waals surface area contributed by atoms with Gasteiger partial charge in [-0.2, -0.15) is 0 Å². The highest BCUT2D eigenvalue weighted by Gasteiger charge is 2.45. The normalized spacial score (nSPS) is 20.4. The molecule has 2 aliphatic rings. The molecule has 2 atom stereocenters. The van der Waals surface area contributed by atoms with Gasteiger partial charge in [-0.1, -0.05) is 56.4 Å². The van der Waals surface area contributed by atoms with Gasteiger partial charge in [0.25, 0.3) is 0 Å².